The number of carbonyl (C=O) groups excluding carboxylic acids is 2. The van der Waals surface area contributed by atoms with Crippen molar-refractivity contribution < 1.29 is 19.1 Å². The SMILES string of the molecule is CCOC(=O)C(C(=O)OCC)=C(N)CCc1ccccc1. The van der Waals surface area contributed by atoms with E-state index in [0.29, 0.717) is 12.8 Å². The molecule has 0 heterocycles. The molecule has 0 fully saturated rings. The average molecular weight is 291 g/mol. The van der Waals surface area contributed by atoms with E-state index in [1.165, 1.54) is 0 Å². The quantitative estimate of drug-likeness (QED) is 0.359. The summed E-state index contributed by atoms with van der Waals surface area (Å²) in [6.07, 6.45) is 1.02. The fourth-order valence-electron chi connectivity index (χ4n) is 1.80. The fraction of sp³-hybridized carbons (Fsp3) is 0.375. The normalized spacial score (nSPS) is 9.81. The first kappa shape index (κ1) is 16.8. The molecule has 0 saturated carbocycles. The van der Waals surface area contributed by atoms with E-state index >= 15 is 0 Å². The fourth-order valence-corrected chi connectivity index (χ4v) is 1.80. The molecule has 0 bridgehead atoms. The Kier molecular flexibility index (Phi) is 7.01. The zero-order valence-electron chi connectivity index (χ0n) is 12.4. The molecular weight excluding hydrogens is 270 g/mol. The van der Waals surface area contributed by atoms with Gasteiger partial charge in [0, 0.05) is 5.70 Å². The van der Waals surface area contributed by atoms with Gasteiger partial charge in [0.05, 0.1) is 13.2 Å². The van der Waals surface area contributed by atoms with Gasteiger partial charge in [-0.05, 0) is 32.3 Å². The molecule has 5 heteroatoms. The van der Waals surface area contributed by atoms with Crippen LogP contribution in [-0.2, 0) is 25.5 Å². The molecule has 114 valence electrons. The van der Waals surface area contributed by atoms with E-state index < -0.39 is 11.9 Å². The third-order valence-corrected chi connectivity index (χ3v) is 2.81. The van der Waals surface area contributed by atoms with Crippen molar-refractivity contribution in [3.05, 3.63) is 47.2 Å². The largest absolute Gasteiger partial charge is 0.462 e. The minimum Gasteiger partial charge on any atom is -0.462 e. The minimum atomic E-state index is -0.735. The zero-order chi connectivity index (χ0) is 15.7. The second kappa shape index (κ2) is 8.79. The summed E-state index contributed by atoms with van der Waals surface area (Å²) >= 11 is 0. The van der Waals surface area contributed by atoms with Crippen LogP contribution in [0.5, 0.6) is 0 Å². The van der Waals surface area contributed by atoms with Crippen molar-refractivity contribution in [2.75, 3.05) is 13.2 Å². The van der Waals surface area contributed by atoms with Crippen LogP contribution < -0.4 is 5.73 Å². The van der Waals surface area contributed by atoms with E-state index in [1.807, 2.05) is 30.3 Å². The highest BCUT2D eigenvalue weighted by Gasteiger charge is 2.24. The van der Waals surface area contributed by atoms with Gasteiger partial charge in [-0.15, -0.1) is 0 Å². The van der Waals surface area contributed by atoms with Crippen molar-refractivity contribution in [2.24, 2.45) is 5.73 Å². The van der Waals surface area contributed by atoms with Crippen LogP contribution in [0, 0.1) is 0 Å². The molecule has 5 nitrogen and oxygen atoms in total. The lowest BCUT2D eigenvalue weighted by Gasteiger charge is -2.10. The van der Waals surface area contributed by atoms with Crippen LogP contribution in [0.2, 0.25) is 0 Å². The summed E-state index contributed by atoms with van der Waals surface area (Å²) < 4.78 is 9.73. The number of esters is 2. The molecule has 0 radical (unpaired) electrons. The third kappa shape index (κ3) is 5.30. The van der Waals surface area contributed by atoms with Crippen molar-refractivity contribution in [1.82, 2.24) is 0 Å². The Labute approximate surface area is 124 Å². The first-order valence-electron chi connectivity index (χ1n) is 6.96. The van der Waals surface area contributed by atoms with Crippen molar-refractivity contribution in [3.8, 4) is 0 Å². The molecule has 0 aliphatic rings. The molecule has 21 heavy (non-hydrogen) atoms. The molecular formula is C16H21NO4. The zero-order valence-corrected chi connectivity index (χ0v) is 12.4. The van der Waals surface area contributed by atoms with E-state index in [0.717, 1.165) is 5.56 Å². The Morgan fingerprint density at radius 3 is 2.00 bits per heavy atom. The molecule has 0 amide bonds. The molecule has 0 unspecified atom stereocenters. The van der Waals surface area contributed by atoms with Gasteiger partial charge in [0.15, 0.2) is 5.57 Å². The predicted octanol–water partition coefficient (Wildman–Crippen LogP) is 1.96. The molecule has 0 spiro atoms. The number of rotatable bonds is 7. The van der Waals surface area contributed by atoms with Gasteiger partial charge >= 0.3 is 11.9 Å². The summed E-state index contributed by atoms with van der Waals surface area (Å²) in [5.41, 5.74) is 6.97. The first-order valence-corrected chi connectivity index (χ1v) is 6.96. The number of carbonyl (C=O) groups is 2. The lowest BCUT2D eigenvalue weighted by molar-refractivity contribution is -0.146. The molecule has 2 N–H and O–H groups in total. The monoisotopic (exact) mass is 291 g/mol. The predicted molar refractivity (Wildman–Crippen MR) is 79.2 cm³/mol. The number of allylic oxidation sites excluding steroid dienone is 1. The summed E-state index contributed by atoms with van der Waals surface area (Å²) in [5, 5.41) is 0. The van der Waals surface area contributed by atoms with Crippen LogP contribution in [0.25, 0.3) is 0 Å². The average Bonchev–Trinajstić information content (AvgIpc) is 2.47. The number of hydrogen-bond acceptors (Lipinski definition) is 5. The number of hydrogen-bond donors (Lipinski definition) is 1. The first-order chi connectivity index (χ1) is 10.1. The van der Waals surface area contributed by atoms with Gasteiger partial charge in [0.25, 0.3) is 0 Å². The Morgan fingerprint density at radius 2 is 1.52 bits per heavy atom. The van der Waals surface area contributed by atoms with Gasteiger partial charge in [-0.3, -0.25) is 0 Å². The lowest BCUT2D eigenvalue weighted by atomic mass is 10.1. The molecule has 0 aliphatic heterocycles. The summed E-state index contributed by atoms with van der Waals surface area (Å²) in [6.45, 7) is 3.68. The standard InChI is InChI=1S/C16H21NO4/c1-3-20-15(18)14(16(19)21-4-2)13(17)11-10-12-8-6-5-7-9-12/h5-9H,3-4,10-11,17H2,1-2H3. The van der Waals surface area contributed by atoms with Crippen molar-refractivity contribution in [1.29, 1.82) is 0 Å². The number of benzene rings is 1. The Hall–Kier alpha value is -2.30. The molecule has 1 aromatic carbocycles. The highest BCUT2D eigenvalue weighted by atomic mass is 16.6. The maximum Gasteiger partial charge on any atom is 0.347 e. The Balaban J connectivity index is 2.87. The number of aryl methyl sites for hydroxylation is 1. The molecule has 0 atom stereocenters. The summed E-state index contributed by atoms with van der Waals surface area (Å²) in [7, 11) is 0. The molecule has 1 rings (SSSR count). The van der Waals surface area contributed by atoms with E-state index in [2.05, 4.69) is 0 Å². The summed E-state index contributed by atoms with van der Waals surface area (Å²) in [5.74, 6) is -1.47. The Bertz CT molecular complexity index is 488. The smallest absolute Gasteiger partial charge is 0.347 e. The number of ether oxygens (including phenoxy) is 2. The molecule has 0 aromatic heterocycles. The summed E-state index contributed by atoms with van der Waals surface area (Å²) in [6, 6.07) is 9.69. The lowest BCUT2D eigenvalue weighted by Crippen LogP contribution is -2.23. The van der Waals surface area contributed by atoms with Crippen LogP contribution in [0.1, 0.15) is 25.8 Å². The van der Waals surface area contributed by atoms with Gasteiger partial charge in [0.2, 0.25) is 0 Å². The van der Waals surface area contributed by atoms with E-state index in [4.69, 9.17) is 15.2 Å². The maximum atomic E-state index is 11.9. The van der Waals surface area contributed by atoms with Crippen LogP contribution in [-0.4, -0.2) is 25.2 Å². The van der Waals surface area contributed by atoms with Crippen LogP contribution in [0.15, 0.2) is 41.6 Å². The number of nitrogens with two attached hydrogens (primary N) is 1. The minimum absolute atomic E-state index is 0.174. The maximum absolute atomic E-state index is 11.9. The molecule has 0 aliphatic carbocycles. The van der Waals surface area contributed by atoms with Gasteiger partial charge < -0.3 is 15.2 Å². The van der Waals surface area contributed by atoms with Crippen molar-refractivity contribution in [2.45, 2.75) is 26.7 Å². The van der Waals surface area contributed by atoms with Gasteiger partial charge in [0.1, 0.15) is 0 Å². The third-order valence-electron chi connectivity index (χ3n) is 2.81. The van der Waals surface area contributed by atoms with E-state index in [-0.39, 0.29) is 24.5 Å². The van der Waals surface area contributed by atoms with Gasteiger partial charge in [-0.2, -0.15) is 0 Å². The molecule has 1 aromatic rings. The van der Waals surface area contributed by atoms with Crippen LogP contribution in [0.3, 0.4) is 0 Å². The highest BCUT2D eigenvalue weighted by Crippen LogP contribution is 2.12. The van der Waals surface area contributed by atoms with Gasteiger partial charge in [-0.25, -0.2) is 9.59 Å². The van der Waals surface area contributed by atoms with Gasteiger partial charge in [-0.1, -0.05) is 30.3 Å². The van der Waals surface area contributed by atoms with E-state index in [1.54, 1.807) is 13.8 Å². The van der Waals surface area contributed by atoms with Crippen LogP contribution >= 0.6 is 0 Å². The highest BCUT2D eigenvalue weighted by molar-refractivity contribution is 6.14. The second-order valence-corrected chi connectivity index (χ2v) is 4.33. The topological polar surface area (TPSA) is 78.6 Å². The van der Waals surface area contributed by atoms with Crippen molar-refractivity contribution in [3.63, 3.8) is 0 Å². The van der Waals surface area contributed by atoms with Crippen molar-refractivity contribution >= 4 is 11.9 Å². The Morgan fingerprint density at radius 1 is 1.00 bits per heavy atom. The second-order valence-electron chi connectivity index (χ2n) is 4.33. The van der Waals surface area contributed by atoms with Crippen LogP contribution in [0.4, 0.5) is 0 Å². The van der Waals surface area contributed by atoms with E-state index in [9.17, 15) is 9.59 Å². The molecule has 0 saturated heterocycles. The summed E-state index contributed by atoms with van der Waals surface area (Å²) in [4.78, 5) is 23.7.